The molecule has 0 saturated heterocycles. The van der Waals surface area contributed by atoms with Crippen molar-refractivity contribution in [3.63, 3.8) is 0 Å². The van der Waals surface area contributed by atoms with E-state index in [1.807, 2.05) is 73.9 Å². The van der Waals surface area contributed by atoms with E-state index in [-0.39, 0.29) is 12.4 Å². The van der Waals surface area contributed by atoms with Gasteiger partial charge in [-0.1, -0.05) is 17.3 Å². The van der Waals surface area contributed by atoms with Gasteiger partial charge in [-0.05, 0) is 61.9 Å². The molecule has 0 aliphatic rings. The molecule has 0 unspecified atom stereocenters. The lowest BCUT2D eigenvalue weighted by Gasteiger charge is -2.08. The molecule has 2 aromatic heterocycles. The number of methoxy groups -OCH3 is 1. The van der Waals surface area contributed by atoms with Crippen molar-refractivity contribution in [3.8, 4) is 17.3 Å². The van der Waals surface area contributed by atoms with E-state index in [1.165, 1.54) is 0 Å². The van der Waals surface area contributed by atoms with Crippen molar-refractivity contribution >= 4 is 16.6 Å². The summed E-state index contributed by atoms with van der Waals surface area (Å²) in [5, 5.41) is 6.13. The summed E-state index contributed by atoms with van der Waals surface area (Å²) in [6, 6.07) is 15.3. The van der Waals surface area contributed by atoms with Gasteiger partial charge in [-0.2, -0.15) is 0 Å². The van der Waals surface area contributed by atoms with Gasteiger partial charge in [0.15, 0.2) is 12.4 Å². The number of hydrogen-bond donors (Lipinski definition) is 0. The highest BCUT2D eigenvalue weighted by atomic mass is 16.5. The third-order valence-corrected chi connectivity index (χ3v) is 4.96. The lowest BCUT2D eigenvalue weighted by molar-refractivity contribution is 0.0921. The second-order valence-corrected chi connectivity index (χ2v) is 7.00. The fourth-order valence-electron chi connectivity index (χ4n) is 3.50. The fraction of sp³-hybridized carbons (Fsp3) is 0.217. The zero-order chi connectivity index (χ0) is 20.5. The van der Waals surface area contributed by atoms with Crippen molar-refractivity contribution in [2.75, 3.05) is 13.7 Å². The standard InChI is InChI=1S/C23H22N2O4/c1-14-9-21(16(3)25(14)23-10-15(2)29-24-23)22(26)13-28-20-8-6-17-5-7-19(27-4)11-18(17)12-20/h5-12H,13H2,1-4H3. The normalized spacial score (nSPS) is 11.0. The molecule has 0 aliphatic carbocycles. The van der Waals surface area contributed by atoms with Crippen LogP contribution in [-0.2, 0) is 0 Å². The van der Waals surface area contributed by atoms with Crippen LogP contribution in [-0.4, -0.2) is 29.2 Å². The van der Waals surface area contributed by atoms with Crippen LogP contribution >= 0.6 is 0 Å². The van der Waals surface area contributed by atoms with Crippen molar-refractivity contribution < 1.29 is 18.8 Å². The molecule has 0 amide bonds. The molecule has 4 aromatic rings. The maximum Gasteiger partial charge on any atom is 0.202 e. The van der Waals surface area contributed by atoms with E-state index in [0.29, 0.717) is 17.1 Å². The first-order chi connectivity index (χ1) is 14.0. The Morgan fingerprint density at radius 1 is 1.00 bits per heavy atom. The summed E-state index contributed by atoms with van der Waals surface area (Å²) in [6.07, 6.45) is 0. The number of aromatic nitrogens is 2. The van der Waals surface area contributed by atoms with Crippen molar-refractivity contribution in [2.45, 2.75) is 20.8 Å². The second kappa shape index (κ2) is 7.47. The zero-order valence-electron chi connectivity index (χ0n) is 16.9. The van der Waals surface area contributed by atoms with Gasteiger partial charge in [0.05, 0.1) is 7.11 Å². The molecule has 2 heterocycles. The van der Waals surface area contributed by atoms with Gasteiger partial charge in [0, 0.05) is 23.0 Å². The Kier molecular flexibility index (Phi) is 4.84. The van der Waals surface area contributed by atoms with Gasteiger partial charge in [-0.3, -0.25) is 9.36 Å². The quantitative estimate of drug-likeness (QED) is 0.442. The van der Waals surface area contributed by atoms with E-state index in [2.05, 4.69) is 5.16 Å². The summed E-state index contributed by atoms with van der Waals surface area (Å²) in [5.41, 5.74) is 2.34. The molecule has 0 fully saturated rings. The van der Waals surface area contributed by atoms with Gasteiger partial charge in [-0.25, -0.2) is 0 Å². The maximum atomic E-state index is 12.8. The molecule has 6 nitrogen and oxygen atoms in total. The van der Waals surface area contributed by atoms with Gasteiger partial charge in [0.2, 0.25) is 5.78 Å². The van der Waals surface area contributed by atoms with Crippen molar-refractivity contribution in [1.82, 2.24) is 9.72 Å². The fourth-order valence-corrected chi connectivity index (χ4v) is 3.50. The molecule has 29 heavy (non-hydrogen) atoms. The summed E-state index contributed by atoms with van der Waals surface area (Å²) in [4.78, 5) is 12.8. The van der Waals surface area contributed by atoms with Crippen molar-refractivity contribution in [1.29, 1.82) is 0 Å². The Hall–Kier alpha value is -3.54. The van der Waals surface area contributed by atoms with Crippen LogP contribution in [0.4, 0.5) is 0 Å². The summed E-state index contributed by atoms with van der Waals surface area (Å²) in [7, 11) is 1.64. The first-order valence-electron chi connectivity index (χ1n) is 9.32. The molecule has 6 heteroatoms. The molecule has 0 N–H and O–H groups in total. The number of aryl methyl sites for hydroxylation is 2. The molecule has 0 bridgehead atoms. The van der Waals surface area contributed by atoms with Crippen LogP contribution in [0.2, 0.25) is 0 Å². The maximum absolute atomic E-state index is 12.8. The average molecular weight is 390 g/mol. The van der Waals surface area contributed by atoms with Crippen LogP contribution in [0.1, 0.15) is 27.5 Å². The first kappa shape index (κ1) is 18.8. The predicted molar refractivity (Wildman–Crippen MR) is 110 cm³/mol. The highest BCUT2D eigenvalue weighted by molar-refractivity contribution is 5.99. The van der Waals surface area contributed by atoms with E-state index in [4.69, 9.17) is 14.0 Å². The van der Waals surface area contributed by atoms with Gasteiger partial charge in [0.1, 0.15) is 17.3 Å². The molecule has 0 saturated carbocycles. The molecule has 0 atom stereocenters. The number of Topliss-reactive ketones (excluding diaryl/α,β-unsaturated/α-hetero) is 1. The van der Waals surface area contributed by atoms with E-state index < -0.39 is 0 Å². The zero-order valence-corrected chi connectivity index (χ0v) is 16.9. The number of ketones is 1. The third kappa shape index (κ3) is 3.61. The van der Waals surface area contributed by atoms with Crippen LogP contribution in [0.3, 0.4) is 0 Å². The number of hydrogen-bond acceptors (Lipinski definition) is 5. The number of ether oxygens (including phenoxy) is 2. The summed E-state index contributed by atoms with van der Waals surface area (Å²) in [6.45, 7) is 5.62. The van der Waals surface area contributed by atoms with Gasteiger partial charge < -0.3 is 14.0 Å². The molecule has 4 rings (SSSR count). The van der Waals surface area contributed by atoms with E-state index in [1.54, 1.807) is 7.11 Å². The molecule has 0 aliphatic heterocycles. The summed E-state index contributed by atoms with van der Waals surface area (Å²) >= 11 is 0. The lowest BCUT2D eigenvalue weighted by atomic mass is 10.1. The molecule has 0 radical (unpaired) electrons. The van der Waals surface area contributed by atoms with Gasteiger partial charge >= 0.3 is 0 Å². The average Bonchev–Trinajstić information content (AvgIpc) is 3.27. The number of benzene rings is 2. The topological polar surface area (TPSA) is 66.5 Å². The minimum atomic E-state index is -0.0877. The summed E-state index contributed by atoms with van der Waals surface area (Å²) < 4.78 is 18.1. The van der Waals surface area contributed by atoms with E-state index in [0.717, 1.165) is 33.7 Å². The van der Waals surface area contributed by atoms with Gasteiger partial charge in [0.25, 0.3) is 0 Å². The van der Waals surface area contributed by atoms with Crippen LogP contribution in [0.25, 0.3) is 16.6 Å². The second-order valence-electron chi connectivity index (χ2n) is 7.00. The number of rotatable bonds is 6. The third-order valence-electron chi connectivity index (χ3n) is 4.96. The SMILES string of the molecule is COc1ccc2ccc(OCC(=O)c3cc(C)n(-c4cc(C)on4)c3C)cc2c1. The lowest BCUT2D eigenvalue weighted by Crippen LogP contribution is -2.12. The van der Waals surface area contributed by atoms with Crippen LogP contribution in [0.15, 0.2) is 53.1 Å². The number of fused-ring (bicyclic) bond motifs is 1. The minimum absolute atomic E-state index is 0.0440. The molecular formula is C23H22N2O4. The molecule has 0 spiro atoms. The highest BCUT2D eigenvalue weighted by Crippen LogP contribution is 2.26. The predicted octanol–water partition coefficient (Wildman–Crippen LogP) is 4.81. The number of carbonyl (C=O) groups is 1. The molecular weight excluding hydrogens is 368 g/mol. The van der Waals surface area contributed by atoms with Crippen LogP contribution < -0.4 is 9.47 Å². The Balaban J connectivity index is 1.54. The number of nitrogens with zero attached hydrogens (tertiary/aromatic N) is 2. The minimum Gasteiger partial charge on any atom is -0.497 e. The molecule has 148 valence electrons. The first-order valence-corrected chi connectivity index (χ1v) is 9.32. The van der Waals surface area contributed by atoms with Crippen molar-refractivity contribution in [3.05, 3.63) is 71.2 Å². The van der Waals surface area contributed by atoms with Crippen LogP contribution in [0, 0.1) is 20.8 Å². The highest BCUT2D eigenvalue weighted by Gasteiger charge is 2.19. The summed E-state index contributed by atoms with van der Waals surface area (Å²) in [5.74, 6) is 2.72. The van der Waals surface area contributed by atoms with Crippen molar-refractivity contribution in [2.24, 2.45) is 0 Å². The monoisotopic (exact) mass is 390 g/mol. The number of carbonyl (C=O) groups excluding carboxylic acids is 1. The molecule has 2 aromatic carbocycles. The Bertz CT molecular complexity index is 1200. The Morgan fingerprint density at radius 3 is 2.41 bits per heavy atom. The van der Waals surface area contributed by atoms with E-state index in [9.17, 15) is 4.79 Å². The Labute approximate surface area is 168 Å². The Morgan fingerprint density at radius 2 is 1.72 bits per heavy atom. The van der Waals surface area contributed by atoms with Crippen LogP contribution in [0.5, 0.6) is 11.5 Å². The van der Waals surface area contributed by atoms with Gasteiger partial charge in [-0.15, -0.1) is 0 Å². The van der Waals surface area contributed by atoms with E-state index >= 15 is 0 Å². The largest absolute Gasteiger partial charge is 0.497 e. The smallest absolute Gasteiger partial charge is 0.202 e.